The van der Waals surface area contributed by atoms with Gasteiger partial charge < -0.3 is 5.73 Å². The van der Waals surface area contributed by atoms with Gasteiger partial charge in [0.25, 0.3) is 10.0 Å². The zero-order valence-electron chi connectivity index (χ0n) is 9.46. The summed E-state index contributed by atoms with van der Waals surface area (Å²) in [5, 5.41) is 6.20. The van der Waals surface area contributed by atoms with Crippen LogP contribution < -0.4 is 5.73 Å². The van der Waals surface area contributed by atoms with E-state index < -0.39 is 10.0 Å². The van der Waals surface area contributed by atoms with E-state index in [2.05, 4.69) is 23.4 Å². The first-order valence-corrected chi connectivity index (χ1v) is 6.46. The minimum atomic E-state index is -3.63. The third-order valence-corrected chi connectivity index (χ3v) is 4.01. The summed E-state index contributed by atoms with van der Waals surface area (Å²) in [5.41, 5.74) is 5.92. The van der Waals surface area contributed by atoms with Crippen molar-refractivity contribution in [2.24, 2.45) is 5.73 Å². The zero-order valence-corrected chi connectivity index (χ0v) is 10.3. The van der Waals surface area contributed by atoms with Crippen molar-refractivity contribution in [3.05, 3.63) is 37.1 Å². The summed E-state index contributed by atoms with van der Waals surface area (Å²) in [5.74, 6) is 0. The Morgan fingerprint density at radius 2 is 2.00 bits per heavy atom. The molecule has 0 bridgehead atoms. The normalized spacial score (nSPS) is 11.6. The standard InChI is InChI=1S/C10H16N4O2S/c1-3-5-14(6-4-2)17(15,16)10-9(7-11)8-12-13-10/h3-4,8H,1-2,5-7,11H2,(H,12,13). The summed E-state index contributed by atoms with van der Waals surface area (Å²) in [4.78, 5) is 0. The van der Waals surface area contributed by atoms with E-state index in [4.69, 9.17) is 5.73 Å². The first kappa shape index (κ1) is 13.6. The van der Waals surface area contributed by atoms with Crippen molar-refractivity contribution in [1.29, 1.82) is 0 Å². The van der Waals surface area contributed by atoms with Gasteiger partial charge in [-0.05, 0) is 0 Å². The second kappa shape index (κ2) is 5.76. The molecule has 1 aromatic heterocycles. The predicted octanol–water partition coefficient (Wildman–Crippen LogP) is 0.231. The van der Waals surface area contributed by atoms with Crippen LogP contribution in [0.2, 0.25) is 0 Å². The molecule has 0 saturated carbocycles. The monoisotopic (exact) mass is 256 g/mol. The van der Waals surface area contributed by atoms with Crippen LogP contribution in [0, 0.1) is 0 Å². The van der Waals surface area contributed by atoms with E-state index >= 15 is 0 Å². The molecule has 0 aromatic carbocycles. The Morgan fingerprint density at radius 3 is 2.47 bits per heavy atom. The molecule has 0 fully saturated rings. The van der Waals surface area contributed by atoms with Crippen LogP contribution >= 0.6 is 0 Å². The fourth-order valence-electron chi connectivity index (χ4n) is 1.36. The summed E-state index contributed by atoms with van der Waals surface area (Å²) in [6.45, 7) is 7.58. The van der Waals surface area contributed by atoms with Crippen molar-refractivity contribution in [2.45, 2.75) is 11.6 Å². The van der Waals surface area contributed by atoms with Crippen molar-refractivity contribution in [2.75, 3.05) is 13.1 Å². The van der Waals surface area contributed by atoms with Gasteiger partial charge in [-0.2, -0.15) is 9.40 Å². The summed E-state index contributed by atoms with van der Waals surface area (Å²) < 4.78 is 25.7. The second-order valence-corrected chi connectivity index (χ2v) is 5.20. The maximum atomic E-state index is 12.3. The number of hydrogen-bond donors (Lipinski definition) is 2. The van der Waals surface area contributed by atoms with E-state index in [1.807, 2.05) is 0 Å². The van der Waals surface area contributed by atoms with Gasteiger partial charge in [0.2, 0.25) is 0 Å². The molecule has 0 atom stereocenters. The van der Waals surface area contributed by atoms with Crippen LogP contribution in [0.3, 0.4) is 0 Å². The number of nitrogens with two attached hydrogens (primary N) is 1. The molecule has 1 heterocycles. The molecule has 0 unspecified atom stereocenters. The lowest BCUT2D eigenvalue weighted by Gasteiger charge is -2.18. The van der Waals surface area contributed by atoms with E-state index in [0.29, 0.717) is 5.56 Å². The summed E-state index contributed by atoms with van der Waals surface area (Å²) >= 11 is 0. The van der Waals surface area contributed by atoms with Crippen LogP contribution in [-0.2, 0) is 16.6 Å². The Morgan fingerprint density at radius 1 is 1.41 bits per heavy atom. The van der Waals surface area contributed by atoms with Crippen molar-refractivity contribution in [3.8, 4) is 0 Å². The molecule has 1 rings (SSSR count). The average Bonchev–Trinajstić information content (AvgIpc) is 2.77. The van der Waals surface area contributed by atoms with Crippen LogP contribution in [0.4, 0.5) is 0 Å². The van der Waals surface area contributed by atoms with E-state index in [9.17, 15) is 8.42 Å². The Bertz CT molecular complexity index is 482. The van der Waals surface area contributed by atoms with Gasteiger partial charge in [-0.3, -0.25) is 5.10 Å². The molecule has 6 nitrogen and oxygen atoms in total. The quantitative estimate of drug-likeness (QED) is 0.683. The molecule has 0 saturated heterocycles. The maximum absolute atomic E-state index is 12.3. The molecular formula is C10H16N4O2S. The first-order valence-electron chi connectivity index (χ1n) is 5.02. The Kier molecular flexibility index (Phi) is 4.62. The third-order valence-electron chi connectivity index (χ3n) is 2.16. The fraction of sp³-hybridized carbons (Fsp3) is 0.300. The van der Waals surface area contributed by atoms with E-state index in [-0.39, 0.29) is 24.7 Å². The average molecular weight is 256 g/mol. The third kappa shape index (κ3) is 2.82. The predicted molar refractivity (Wildman–Crippen MR) is 65.6 cm³/mol. The van der Waals surface area contributed by atoms with Gasteiger partial charge >= 0.3 is 0 Å². The summed E-state index contributed by atoms with van der Waals surface area (Å²) in [6, 6.07) is 0. The molecule has 1 aromatic rings. The topological polar surface area (TPSA) is 92.1 Å². The fourth-order valence-corrected chi connectivity index (χ4v) is 2.85. The highest BCUT2D eigenvalue weighted by molar-refractivity contribution is 7.89. The highest BCUT2D eigenvalue weighted by Crippen LogP contribution is 2.16. The van der Waals surface area contributed by atoms with Gasteiger partial charge in [-0.1, -0.05) is 12.2 Å². The van der Waals surface area contributed by atoms with Crippen LogP contribution in [0.5, 0.6) is 0 Å². The van der Waals surface area contributed by atoms with Gasteiger partial charge in [-0.15, -0.1) is 13.2 Å². The molecule has 7 heteroatoms. The molecule has 0 radical (unpaired) electrons. The molecule has 0 spiro atoms. The summed E-state index contributed by atoms with van der Waals surface area (Å²) in [6.07, 6.45) is 4.44. The summed E-state index contributed by atoms with van der Waals surface area (Å²) in [7, 11) is -3.63. The Balaban J connectivity index is 3.15. The van der Waals surface area contributed by atoms with Gasteiger partial charge in [0.15, 0.2) is 5.03 Å². The number of aromatic amines is 1. The minimum Gasteiger partial charge on any atom is -0.326 e. The number of sulfonamides is 1. The number of rotatable bonds is 7. The lowest BCUT2D eigenvalue weighted by molar-refractivity contribution is 0.470. The smallest absolute Gasteiger partial charge is 0.260 e. The van der Waals surface area contributed by atoms with Gasteiger partial charge in [0.05, 0.1) is 6.20 Å². The molecule has 0 aliphatic rings. The maximum Gasteiger partial charge on any atom is 0.260 e. The van der Waals surface area contributed by atoms with Crippen molar-refractivity contribution in [3.63, 3.8) is 0 Å². The Labute approximate surface area is 101 Å². The number of nitrogens with zero attached hydrogens (tertiary/aromatic N) is 2. The first-order chi connectivity index (χ1) is 8.07. The zero-order chi connectivity index (χ0) is 12.9. The molecule has 0 aliphatic carbocycles. The Hall–Kier alpha value is -1.44. The lowest BCUT2D eigenvalue weighted by Crippen LogP contribution is -2.32. The number of hydrogen-bond acceptors (Lipinski definition) is 4. The van der Waals surface area contributed by atoms with Crippen molar-refractivity contribution >= 4 is 10.0 Å². The van der Waals surface area contributed by atoms with Crippen LogP contribution in [0.25, 0.3) is 0 Å². The molecule has 0 amide bonds. The number of nitrogens with one attached hydrogen (secondary N) is 1. The van der Waals surface area contributed by atoms with Crippen LogP contribution in [0.15, 0.2) is 36.5 Å². The molecule has 3 N–H and O–H groups in total. The molecule has 94 valence electrons. The van der Waals surface area contributed by atoms with Crippen molar-refractivity contribution < 1.29 is 8.42 Å². The highest BCUT2D eigenvalue weighted by atomic mass is 32.2. The van der Waals surface area contributed by atoms with Gasteiger partial charge in [0, 0.05) is 25.2 Å². The van der Waals surface area contributed by atoms with Crippen LogP contribution in [-0.4, -0.2) is 36.0 Å². The SMILES string of the molecule is C=CCN(CC=C)S(=O)(=O)c1[nH]ncc1CN. The minimum absolute atomic E-state index is 0.0312. The van der Waals surface area contributed by atoms with Crippen LogP contribution in [0.1, 0.15) is 5.56 Å². The van der Waals surface area contributed by atoms with Gasteiger partial charge in [-0.25, -0.2) is 8.42 Å². The largest absolute Gasteiger partial charge is 0.326 e. The van der Waals surface area contributed by atoms with E-state index in [1.165, 1.54) is 22.7 Å². The molecular weight excluding hydrogens is 240 g/mol. The van der Waals surface area contributed by atoms with E-state index in [0.717, 1.165) is 0 Å². The van der Waals surface area contributed by atoms with Crippen molar-refractivity contribution in [1.82, 2.24) is 14.5 Å². The molecule has 17 heavy (non-hydrogen) atoms. The lowest BCUT2D eigenvalue weighted by atomic mass is 10.4. The second-order valence-electron chi connectivity index (χ2n) is 3.33. The number of H-pyrrole nitrogens is 1. The van der Waals surface area contributed by atoms with Gasteiger partial charge in [0.1, 0.15) is 0 Å². The molecule has 0 aliphatic heterocycles. The van der Waals surface area contributed by atoms with E-state index in [1.54, 1.807) is 0 Å². The number of aromatic nitrogens is 2. The highest BCUT2D eigenvalue weighted by Gasteiger charge is 2.26.